The number of allylic oxidation sites excluding steroid dienone is 3. The Hall–Kier alpha value is -0.600. The van der Waals surface area contributed by atoms with Gasteiger partial charge in [-0.3, -0.25) is 0 Å². The van der Waals surface area contributed by atoms with E-state index in [-0.39, 0.29) is 0 Å². The Balaban J connectivity index is 1.68. The van der Waals surface area contributed by atoms with Crippen molar-refractivity contribution in [3.05, 3.63) is 23.3 Å². The number of hydrogen-bond donors (Lipinski definition) is 0. The van der Waals surface area contributed by atoms with Gasteiger partial charge >= 0.3 is 0 Å². The SMILES string of the molecule is COCCOCC1C=C2CCC2=CC1. The van der Waals surface area contributed by atoms with Crippen molar-refractivity contribution in [2.75, 3.05) is 26.9 Å². The average molecular weight is 194 g/mol. The van der Waals surface area contributed by atoms with Crippen molar-refractivity contribution in [3.63, 3.8) is 0 Å². The molecule has 2 aliphatic carbocycles. The number of methoxy groups -OCH3 is 1. The summed E-state index contributed by atoms with van der Waals surface area (Å²) >= 11 is 0. The minimum atomic E-state index is 0.603. The molecule has 78 valence electrons. The Morgan fingerprint density at radius 2 is 2.14 bits per heavy atom. The molecule has 0 bridgehead atoms. The van der Waals surface area contributed by atoms with Crippen LogP contribution in [0.3, 0.4) is 0 Å². The molecule has 1 unspecified atom stereocenters. The van der Waals surface area contributed by atoms with Crippen LogP contribution in [0.25, 0.3) is 0 Å². The minimum Gasteiger partial charge on any atom is -0.382 e. The Morgan fingerprint density at radius 3 is 2.79 bits per heavy atom. The summed E-state index contributed by atoms with van der Waals surface area (Å²) < 4.78 is 10.5. The summed E-state index contributed by atoms with van der Waals surface area (Å²) in [5.74, 6) is 0.603. The Kier molecular flexibility index (Phi) is 3.38. The molecule has 2 aliphatic rings. The maximum atomic E-state index is 5.52. The van der Waals surface area contributed by atoms with Crippen LogP contribution in [0.2, 0.25) is 0 Å². The van der Waals surface area contributed by atoms with Gasteiger partial charge in [0, 0.05) is 13.0 Å². The summed E-state index contributed by atoms with van der Waals surface area (Å²) in [6.45, 7) is 2.26. The molecule has 0 aromatic carbocycles. The third kappa shape index (κ3) is 2.25. The standard InChI is InChI=1S/C12H18O2/c1-13-6-7-14-9-10-2-3-11-4-5-12(11)8-10/h3,8,10H,2,4-7,9H2,1H3. The fraction of sp³-hybridized carbons (Fsp3) is 0.667. The van der Waals surface area contributed by atoms with Crippen LogP contribution in [0, 0.1) is 5.92 Å². The lowest BCUT2D eigenvalue weighted by Crippen LogP contribution is -2.16. The predicted molar refractivity (Wildman–Crippen MR) is 56.2 cm³/mol. The lowest BCUT2D eigenvalue weighted by atomic mass is 9.78. The summed E-state index contributed by atoms with van der Waals surface area (Å²) in [7, 11) is 1.70. The molecule has 0 aliphatic heterocycles. The molecule has 0 aromatic rings. The maximum absolute atomic E-state index is 5.52. The van der Waals surface area contributed by atoms with E-state index in [1.165, 1.54) is 12.8 Å². The lowest BCUT2D eigenvalue weighted by molar-refractivity contribution is 0.0586. The number of fused-ring (bicyclic) bond motifs is 1. The quantitative estimate of drug-likeness (QED) is 0.625. The monoisotopic (exact) mass is 194 g/mol. The van der Waals surface area contributed by atoms with Crippen molar-refractivity contribution >= 4 is 0 Å². The fourth-order valence-corrected chi connectivity index (χ4v) is 1.98. The predicted octanol–water partition coefficient (Wildman–Crippen LogP) is 2.32. The lowest BCUT2D eigenvalue weighted by Gasteiger charge is -2.28. The number of rotatable bonds is 5. The normalized spacial score (nSPS) is 24.8. The number of hydrogen-bond acceptors (Lipinski definition) is 2. The molecule has 0 saturated heterocycles. The van der Waals surface area contributed by atoms with Gasteiger partial charge in [0.2, 0.25) is 0 Å². The van der Waals surface area contributed by atoms with Crippen molar-refractivity contribution in [1.82, 2.24) is 0 Å². The zero-order valence-corrected chi connectivity index (χ0v) is 8.79. The van der Waals surface area contributed by atoms with Gasteiger partial charge in [-0.15, -0.1) is 0 Å². The second-order valence-corrected chi connectivity index (χ2v) is 3.98. The van der Waals surface area contributed by atoms with Crippen LogP contribution >= 0.6 is 0 Å². The highest BCUT2D eigenvalue weighted by Gasteiger charge is 2.21. The van der Waals surface area contributed by atoms with Gasteiger partial charge in [-0.05, 0) is 30.4 Å². The topological polar surface area (TPSA) is 18.5 Å². The molecule has 14 heavy (non-hydrogen) atoms. The average Bonchev–Trinajstić information content (AvgIpc) is 2.16. The second kappa shape index (κ2) is 4.76. The van der Waals surface area contributed by atoms with Crippen LogP contribution in [0.15, 0.2) is 23.3 Å². The third-order valence-electron chi connectivity index (χ3n) is 2.94. The first-order valence-corrected chi connectivity index (χ1v) is 5.37. The van der Waals surface area contributed by atoms with Gasteiger partial charge in [0.25, 0.3) is 0 Å². The Morgan fingerprint density at radius 1 is 1.29 bits per heavy atom. The zero-order valence-electron chi connectivity index (χ0n) is 8.79. The first kappa shape index (κ1) is 9.94. The second-order valence-electron chi connectivity index (χ2n) is 3.98. The van der Waals surface area contributed by atoms with E-state index in [9.17, 15) is 0 Å². The Bertz CT molecular complexity index is 253. The molecule has 1 atom stereocenters. The van der Waals surface area contributed by atoms with Crippen molar-refractivity contribution in [2.24, 2.45) is 5.92 Å². The summed E-state index contributed by atoms with van der Waals surface area (Å²) in [5, 5.41) is 0. The van der Waals surface area contributed by atoms with Crippen LogP contribution in [0.5, 0.6) is 0 Å². The van der Waals surface area contributed by atoms with Gasteiger partial charge in [-0.1, -0.05) is 12.2 Å². The van der Waals surface area contributed by atoms with Gasteiger partial charge in [0.05, 0.1) is 19.8 Å². The fourth-order valence-electron chi connectivity index (χ4n) is 1.98. The largest absolute Gasteiger partial charge is 0.382 e. The van der Waals surface area contributed by atoms with E-state index in [0.717, 1.165) is 13.0 Å². The molecule has 0 amide bonds. The van der Waals surface area contributed by atoms with Gasteiger partial charge in [-0.2, -0.15) is 0 Å². The molecular weight excluding hydrogens is 176 g/mol. The van der Waals surface area contributed by atoms with Crippen molar-refractivity contribution < 1.29 is 9.47 Å². The van der Waals surface area contributed by atoms with E-state index < -0.39 is 0 Å². The molecule has 2 heteroatoms. The van der Waals surface area contributed by atoms with Crippen LogP contribution in [0.1, 0.15) is 19.3 Å². The molecule has 0 N–H and O–H groups in total. The molecule has 0 aromatic heterocycles. The molecule has 0 spiro atoms. The minimum absolute atomic E-state index is 0.603. The van der Waals surface area contributed by atoms with Crippen molar-refractivity contribution in [2.45, 2.75) is 19.3 Å². The van der Waals surface area contributed by atoms with E-state index in [2.05, 4.69) is 12.2 Å². The smallest absolute Gasteiger partial charge is 0.0700 e. The molecular formula is C12H18O2. The van der Waals surface area contributed by atoms with Crippen LogP contribution < -0.4 is 0 Å². The van der Waals surface area contributed by atoms with Crippen molar-refractivity contribution in [1.29, 1.82) is 0 Å². The van der Waals surface area contributed by atoms with E-state index >= 15 is 0 Å². The maximum Gasteiger partial charge on any atom is 0.0700 e. The first-order chi connectivity index (χ1) is 6.90. The van der Waals surface area contributed by atoms with E-state index in [1.54, 1.807) is 18.3 Å². The molecule has 0 radical (unpaired) electrons. The number of ether oxygens (including phenoxy) is 2. The van der Waals surface area contributed by atoms with Gasteiger partial charge in [0.15, 0.2) is 0 Å². The highest BCUT2D eigenvalue weighted by Crippen LogP contribution is 2.37. The highest BCUT2D eigenvalue weighted by atomic mass is 16.5. The third-order valence-corrected chi connectivity index (χ3v) is 2.94. The van der Waals surface area contributed by atoms with Crippen LogP contribution in [-0.4, -0.2) is 26.9 Å². The Labute approximate surface area is 85.6 Å². The molecule has 1 saturated carbocycles. The van der Waals surface area contributed by atoms with Crippen LogP contribution in [-0.2, 0) is 9.47 Å². The van der Waals surface area contributed by atoms with Gasteiger partial charge in [0.1, 0.15) is 0 Å². The van der Waals surface area contributed by atoms with E-state index in [4.69, 9.17) is 9.47 Å². The zero-order chi connectivity index (χ0) is 9.80. The summed E-state index contributed by atoms with van der Waals surface area (Å²) in [6.07, 6.45) is 8.50. The van der Waals surface area contributed by atoms with Gasteiger partial charge in [-0.25, -0.2) is 0 Å². The molecule has 2 rings (SSSR count). The molecule has 1 fully saturated rings. The van der Waals surface area contributed by atoms with E-state index in [1.807, 2.05) is 0 Å². The summed E-state index contributed by atoms with van der Waals surface area (Å²) in [4.78, 5) is 0. The summed E-state index contributed by atoms with van der Waals surface area (Å²) in [5.41, 5.74) is 3.15. The first-order valence-electron chi connectivity index (χ1n) is 5.37. The van der Waals surface area contributed by atoms with E-state index in [0.29, 0.717) is 19.1 Å². The summed E-state index contributed by atoms with van der Waals surface area (Å²) in [6, 6.07) is 0. The van der Waals surface area contributed by atoms with Gasteiger partial charge < -0.3 is 9.47 Å². The van der Waals surface area contributed by atoms with Crippen LogP contribution in [0.4, 0.5) is 0 Å². The van der Waals surface area contributed by atoms with Crippen molar-refractivity contribution in [3.8, 4) is 0 Å². The molecule has 2 nitrogen and oxygen atoms in total. The molecule has 0 heterocycles. The highest BCUT2D eigenvalue weighted by molar-refractivity contribution is 5.42.